The molecule has 29 heavy (non-hydrogen) atoms. The molecule has 1 fully saturated rings. The normalized spacial score (nSPS) is 15.1. The molecular weight excluding hydrogens is 386 g/mol. The molecule has 0 spiro atoms. The van der Waals surface area contributed by atoms with Crippen LogP contribution >= 0.6 is 0 Å². The predicted molar refractivity (Wildman–Crippen MR) is 116 cm³/mol. The molecule has 0 aliphatic carbocycles. The van der Waals surface area contributed by atoms with Gasteiger partial charge in [0.15, 0.2) is 0 Å². The SMILES string of the molecule is Cc1ccc(S(=O)(=O)N(C)C)cc1C(=O)N1CCN(c2cccc(C)c2C)CC1. The Hall–Kier alpha value is -2.38. The van der Waals surface area contributed by atoms with E-state index >= 15 is 0 Å². The van der Waals surface area contributed by atoms with Crippen molar-refractivity contribution in [3.63, 3.8) is 0 Å². The number of amides is 1. The highest BCUT2D eigenvalue weighted by molar-refractivity contribution is 7.89. The number of sulfonamides is 1. The van der Waals surface area contributed by atoms with Crippen LogP contribution in [0.15, 0.2) is 41.3 Å². The Balaban J connectivity index is 1.78. The second-order valence-electron chi connectivity index (χ2n) is 7.76. The quantitative estimate of drug-likeness (QED) is 0.770. The van der Waals surface area contributed by atoms with Crippen LogP contribution < -0.4 is 4.90 Å². The van der Waals surface area contributed by atoms with Gasteiger partial charge >= 0.3 is 0 Å². The van der Waals surface area contributed by atoms with Crippen molar-refractivity contribution >= 4 is 21.6 Å². The van der Waals surface area contributed by atoms with Crippen LogP contribution in [0.3, 0.4) is 0 Å². The van der Waals surface area contributed by atoms with Gasteiger partial charge in [-0.05, 0) is 55.7 Å². The van der Waals surface area contributed by atoms with Gasteiger partial charge in [0.05, 0.1) is 4.90 Å². The summed E-state index contributed by atoms with van der Waals surface area (Å²) in [5.74, 6) is -0.112. The third-order valence-corrected chi connectivity index (χ3v) is 7.51. The van der Waals surface area contributed by atoms with Gasteiger partial charge in [0.2, 0.25) is 10.0 Å². The molecule has 0 atom stereocenters. The topological polar surface area (TPSA) is 60.9 Å². The van der Waals surface area contributed by atoms with Crippen molar-refractivity contribution in [1.82, 2.24) is 9.21 Å². The zero-order valence-corrected chi connectivity index (χ0v) is 18.6. The number of carbonyl (C=O) groups is 1. The number of carbonyl (C=O) groups excluding carboxylic acids is 1. The molecule has 2 aromatic rings. The van der Waals surface area contributed by atoms with E-state index in [9.17, 15) is 13.2 Å². The van der Waals surface area contributed by atoms with Crippen molar-refractivity contribution in [2.75, 3.05) is 45.2 Å². The Morgan fingerprint density at radius 3 is 2.21 bits per heavy atom. The lowest BCUT2D eigenvalue weighted by atomic mass is 10.1. The maximum absolute atomic E-state index is 13.1. The van der Waals surface area contributed by atoms with E-state index in [0.717, 1.165) is 23.0 Å². The zero-order chi connectivity index (χ0) is 21.3. The Labute approximate surface area is 173 Å². The summed E-state index contributed by atoms with van der Waals surface area (Å²) in [6.07, 6.45) is 0. The lowest BCUT2D eigenvalue weighted by Crippen LogP contribution is -2.49. The summed E-state index contributed by atoms with van der Waals surface area (Å²) in [4.78, 5) is 17.4. The highest BCUT2D eigenvalue weighted by Gasteiger charge is 2.26. The Kier molecular flexibility index (Phi) is 6.00. The number of benzene rings is 2. The average molecular weight is 416 g/mol. The molecule has 0 radical (unpaired) electrons. The number of hydrogen-bond acceptors (Lipinski definition) is 4. The molecule has 1 amide bonds. The van der Waals surface area contributed by atoms with Gasteiger partial charge in [0.25, 0.3) is 5.91 Å². The maximum Gasteiger partial charge on any atom is 0.254 e. The lowest BCUT2D eigenvalue weighted by Gasteiger charge is -2.37. The Morgan fingerprint density at radius 1 is 0.931 bits per heavy atom. The van der Waals surface area contributed by atoms with E-state index in [2.05, 4.69) is 36.9 Å². The first kappa shape index (κ1) is 21.3. The number of rotatable bonds is 4. The van der Waals surface area contributed by atoms with Gasteiger partial charge in [-0.25, -0.2) is 12.7 Å². The van der Waals surface area contributed by atoms with Gasteiger partial charge in [-0.2, -0.15) is 0 Å². The van der Waals surface area contributed by atoms with Gasteiger partial charge in [0, 0.05) is 51.5 Å². The molecule has 0 bridgehead atoms. The molecule has 3 rings (SSSR count). The Bertz CT molecular complexity index is 1020. The minimum absolute atomic E-state index is 0.112. The number of aryl methyl sites for hydroxylation is 2. The molecule has 6 nitrogen and oxygen atoms in total. The van der Waals surface area contributed by atoms with Crippen LogP contribution in [0.25, 0.3) is 0 Å². The number of anilines is 1. The molecular formula is C22H29N3O3S. The van der Waals surface area contributed by atoms with Crippen LogP contribution in [0.5, 0.6) is 0 Å². The van der Waals surface area contributed by atoms with E-state index < -0.39 is 10.0 Å². The number of piperazine rings is 1. The van der Waals surface area contributed by atoms with Crippen LogP contribution in [0.1, 0.15) is 27.0 Å². The molecule has 156 valence electrons. The van der Waals surface area contributed by atoms with Gasteiger partial charge in [-0.1, -0.05) is 18.2 Å². The monoisotopic (exact) mass is 415 g/mol. The molecule has 2 aromatic carbocycles. The number of nitrogens with zero attached hydrogens (tertiary/aromatic N) is 3. The summed E-state index contributed by atoms with van der Waals surface area (Å²) in [7, 11) is -0.601. The number of hydrogen-bond donors (Lipinski definition) is 0. The van der Waals surface area contributed by atoms with Crippen molar-refractivity contribution in [3.05, 3.63) is 58.7 Å². The van der Waals surface area contributed by atoms with E-state index in [1.807, 2.05) is 11.8 Å². The van der Waals surface area contributed by atoms with Crippen LogP contribution in [0, 0.1) is 20.8 Å². The molecule has 1 aliphatic rings. The van der Waals surface area contributed by atoms with E-state index in [1.54, 1.807) is 12.1 Å². The predicted octanol–water partition coefficient (Wildman–Crippen LogP) is 2.82. The molecule has 0 aromatic heterocycles. The van der Waals surface area contributed by atoms with Crippen LogP contribution in [0.2, 0.25) is 0 Å². The third-order valence-electron chi connectivity index (χ3n) is 5.70. The van der Waals surface area contributed by atoms with Crippen LogP contribution in [0.4, 0.5) is 5.69 Å². The minimum Gasteiger partial charge on any atom is -0.368 e. The molecule has 7 heteroatoms. The van der Waals surface area contributed by atoms with Crippen LogP contribution in [-0.4, -0.2) is 63.8 Å². The summed E-state index contributed by atoms with van der Waals surface area (Å²) < 4.78 is 26.1. The molecule has 1 aliphatic heterocycles. The summed E-state index contributed by atoms with van der Waals surface area (Å²) in [5.41, 5.74) is 4.98. The molecule has 1 saturated heterocycles. The fourth-order valence-electron chi connectivity index (χ4n) is 3.60. The summed E-state index contributed by atoms with van der Waals surface area (Å²) in [6, 6.07) is 11.1. The summed E-state index contributed by atoms with van der Waals surface area (Å²) in [6.45, 7) is 8.80. The van der Waals surface area contributed by atoms with Crippen molar-refractivity contribution < 1.29 is 13.2 Å². The van der Waals surface area contributed by atoms with E-state index in [-0.39, 0.29) is 10.8 Å². The van der Waals surface area contributed by atoms with E-state index in [1.165, 1.54) is 37.0 Å². The standard InChI is InChI=1S/C22H29N3O3S/c1-16-7-6-8-21(18(16)3)24-11-13-25(14-12-24)22(26)20-15-19(10-9-17(20)2)29(27,28)23(4)5/h6-10,15H,11-14H2,1-5H3. The van der Waals surface area contributed by atoms with Crippen molar-refractivity contribution in [1.29, 1.82) is 0 Å². The van der Waals surface area contributed by atoms with Crippen molar-refractivity contribution in [2.45, 2.75) is 25.7 Å². The average Bonchev–Trinajstić information content (AvgIpc) is 2.70. The summed E-state index contributed by atoms with van der Waals surface area (Å²) >= 11 is 0. The van der Waals surface area contributed by atoms with Crippen LogP contribution in [-0.2, 0) is 10.0 Å². The van der Waals surface area contributed by atoms with Gasteiger partial charge in [-0.15, -0.1) is 0 Å². The first-order chi connectivity index (χ1) is 13.6. The first-order valence-electron chi connectivity index (χ1n) is 9.76. The van der Waals surface area contributed by atoms with E-state index in [4.69, 9.17) is 0 Å². The van der Waals surface area contributed by atoms with Gasteiger partial charge < -0.3 is 9.80 Å². The Morgan fingerprint density at radius 2 is 1.59 bits per heavy atom. The zero-order valence-electron chi connectivity index (χ0n) is 17.8. The smallest absolute Gasteiger partial charge is 0.254 e. The first-order valence-corrected chi connectivity index (χ1v) is 11.2. The van der Waals surface area contributed by atoms with Crippen molar-refractivity contribution in [3.8, 4) is 0 Å². The van der Waals surface area contributed by atoms with Gasteiger partial charge in [0.1, 0.15) is 0 Å². The largest absolute Gasteiger partial charge is 0.368 e. The molecule has 1 heterocycles. The fourth-order valence-corrected chi connectivity index (χ4v) is 4.53. The van der Waals surface area contributed by atoms with Gasteiger partial charge in [-0.3, -0.25) is 4.79 Å². The molecule has 0 unspecified atom stereocenters. The second-order valence-corrected chi connectivity index (χ2v) is 9.91. The lowest BCUT2D eigenvalue weighted by molar-refractivity contribution is 0.0745. The van der Waals surface area contributed by atoms with Crippen molar-refractivity contribution in [2.24, 2.45) is 0 Å². The molecule has 0 saturated carbocycles. The summed E-state index contributed by atoms with van der Waals surface area (Å²) in [5, 5.41) is 0. The highest BCUT2D eigenvalue weighted by Crippen LogP contribution is 2.25. The second kappa shape index (κ2) is 8.16. The van der Waals surface area contributed by atoms with E-state index in [0.29, 0.717) is 18.7 Å². The minimum atomic E-state index is -3.58. The molecule has 0 N–H and O–H groups in total. The maximum atomic E-state index is 13.1. The highest BCUT2D eigenvalue weighted by atomic mass is 32.2. The third kappa shape index (κ3) is 4.16. The fraction of sp³-hybridized carbons (Fsp3) is 0.409.